The highest BCUT2D eigenvalue weighted by atomic mass is 79.9. The van der Waals surface area contributed by atoms with E-state index in [9.17, 15) is 14.4 Å². The van der Waals surface area contributed by atoms with E-state index in [1.54, 1.807) is 54.5 Å². The van der Waals surface area contributed by atoms with Gasteiger partial charge in [0.05, 0.1) is 24.9 Å². The van der Waals surface area contributed by atoms with Crippen LogP contribution in [0.3, 0.4) is 0 Å². The van der Waals surface area contributed by atoms with Gasteiger partial charge in [0.2, 0.25) is 5.91 Å². The van der Waals surface area contributed by atoms with Crippen molar-refractivity contribution < 1.29 is 19.1 Å². The zero-order chi connectivity index (χ0) is 20.5. The van der Waals surface area contributed by atoms with Crippen molar-refractivity contribution in [3.63, 3.8) is 0 Å². The standard InChI is InChI=1S/C21H20BrN3O4/c1-29-15-5-2-13(3-6-15)19(26)12-24-8-9-25-18(11-24)20(27)23-17-7-4-14(22)10-16(17)21(25)28/h2-7,10,18H,8-9,11-12H2,1H3,(H,23,27). The van der Waals surface area contributed by atoms with Gasteiger partial charge in [0.15, 0.2) is 5.78 Å². The normalized spacial score (nSPS) is 19.1. The number of anilines is 1. The average Bonchev–Trinajstić information content (AvgIpc) is 2.83. The van der Waals surface area contributed by atoms with E-state index in [4.69, 9.17) is 4.74 Å². The molecule has 7 nitrogen and oxygen atoms in total. The fourth-order valence-corrected chi connectivity index (χ4v) is 4.06. The quantitative estimate of drug-likeness (QED) is 0.713. The first-order valence-electron chi connectivity index (χ1n) is 9.27. The molecule has 2 aliphatic rings. The Bertz CT molecular complexity index is 976. The minimum Gasteiger partial charge on any atom is -0.497 e. The van der Waals surface area contributed by atoms with Crippen LogP contribution in [0.2, 0.25) is 0 Å². The molecule has 2 aliphatic heterocycles. The second-order valence-electron chi connectivity index (χ2n) is 7.08. The van der Waals surface area contributed by atoms with Gasteiger partial charge in [0, 0.05) is 29.7 Å². The monoisotopic (exact) mass is 457 g/mol. The number of benzene rings is 2. The molecule has 8 heteroatoms. The highest BCUT2D eigenvalue weighted by Crippen LogP contribution is 2.28. The molecule has 29 heavy (non-hydrogen) atoms. The molecule has 0 spiro atoms. The van der Waals surface area contributed by atoms with Gasteiger partial charge < -0.3 is 15.0 Å². The SMILES string of the molecule is COc1ccc(C(=O)CN2CCN3C(=O)c4cc(Br)ccc4NC(=O)C3C2)cc1. The Kier molecular flexibility index (Phi) is 5.38. The molecular formula is C21H20BrN3O4. The van der Waals surface area contributed by atoms with E-state index >= 15 is 0 Å². The van der Waals surface area contributed by atoms with E-state index in [2.05, 4.69) is 21.2 Å². The highest BCUT2D eigenvalue weighted by Gasteiger charge is 2.39. The summed E-state index contributed by atoms with van der Waals surface area (Å²) in [4.78, 5) is 41.9. The topological polar surface area (TPSA) is 79.0 Å². The van der Waals surface area contributed by atoms with Crippen LogP contribution in [0.5, 0.6) is 5.75 Å². The van der Waals surface area contributed by atoms with Gasteiger partial charge in [-0.3, -0.25) is 19.3 Å². The fraction of sp³-hybridized carbons (Fsp3) is 0.286. The molecule has 0 aliphatic carbocycles. The molecule has 1 saturated heterocycles. The number of nitrogens with one attached hydrogen (secondary N) is 1. The predicted octanol–water partition coefficient (Wildman–Crippen LogP) is 2.42. The molecule has 1 atom stereocenters. The van der Waals surface area contributed by atoms with Crippen molar-refractivity contribution in [1.29, 1.82) is 0 Å². The van der Waals surface area contributed by atoms with E-state index in [-0.39, 0.29) is 24.1 Å². The lowest BCUT2D eigenvalue weighted by Crippen LogP contribution is -2.59. The average molecular weight is 458 g/mol. The fourth-order valence-electron chi connectivity index (χ4n) is 3.70. The second kappa shape index (κ2) is 7.96. The van der Waals surface area contributed by atoms with Crippen molar-refractivity contribution in [1.82, 2.24) is 9.80 Å². The number of methoxy groups -OCH3 is 1. The number of ketones is 1. The maximum Gasteiger partial charge on any atom is 0.256 e. The number of nitrogens with zero attached hydrogens (tertiary/aromatic N) is 2. The third-order valence-corrected chi connectivity index (χ3v) is 5.77. The Labute approximate surface area is 176 Å². The maximum absolute atomic E-state index is 13.0. The van der Waals surface area contributed by atoms with Gasteiger partial charge in [-0.1, -0.05) is 15.9 Å². The number of amides is 2. The molecule has 2 aromatic rings. The van der Waals surface area contributed by atoms with Crippen molar-refractivity contribution in [3.8, 4) is 5.75 Å². The van der Waals surface area contributed by atoms with Gasteiger partial charge in [-0.15, -0.1) is 0 Å². The van der Waals surface area contributed by atoms with Crippen molar-refractivity contribution in [2.75, 3.05) is 38.6 Å². The molecule has 0 radical (unpaired) electrons. The van der Waals surface area contributed by atoms with Gasteiger partial charge in [-0.25, -0.2) is 0 Å². The Balaban J connectivity index is 1.49. The Hall–Kier alpha value is -2.71. The summed E-state index contributed by atoms with van der Waals surface area (Å²) in [5, 5.41) is 2.85. The second-order valence-corrected chi connectivity index (χ2v) is 8.00. The minimum absolute atomic E-state index is 0.0336. The molecule has 2 amide bonds. The number of rotatable bonds is 4. The number of Topliss-reactive ketones (excluding diaryl/α,β-unsaturated/α-hetero) is 1. The van der Waals surface area contributed by atoms with Gasteiger partial charge >= 0.3 is 0 Å². The van der Waals surface area contributed by atoms with Crippen LogP contribution in [0.25, 0.3) is 0 Å². The number of carbonyl (C=O) groups excluding carboxylic acids is 3. The highest BCUT2D eigenvalue weighted by molar-refractivity contribution is 9.10. The van der Waals surface area contributed by atoms with Crippen LogP contribution in [-0.4, -0.2) is 66.7 Å². The Morgan fingerprint density at radius 1 is 1.17 bits per heavy atom. The van der Waals surface area contributed by atoms with Crippen molar-refractivity contribution in [2.45, 2.75) is 6.04 Å². The molecule has 0 bridgehead atoms. The molecule has 2 heterocycles. The lowest BCUT2D eigenvalue weighted by Gasteiger charge is -2.39. The summed E-state index contributed by atoms with van der Waals surface area (Å²) in [6, 6.07) is 11.6. The lowest BCUT2D eigenvalue weighted by atomic mass is 10.1. The summed E-state index contributed by atoms with van der Waals surface area (Å²) >= 11 is 3.38. The molecule has 1 unspecified atom stereocenters. The molecule has 0 aromatic heterocycles. The first kappa shape index (κ1) is 19.6. The van der Waals surface area contributed by atoms with Crippen LogP contribution in [0, 0.1) is 0 Å². The van der Waals surface area contributed by atoms with E-state index in [0.717, 1.165) is 4.47 Å². The van der Waals surface area contributed by atoms with Crippen LogP contribution in [0.4, 0.5) is 5.69 Å². The van der Waals surface area contributed by atoms with E-state index in [1.807, 2.05) is 4.90 Å². The molecule has 1 fully saturated rings. The molecule has 0 saturated carbocycles. The van der Waals surface area contributed by atoms with Gasteiger partial charge in [0.25, 0.3) is 5.91 Å². The summed E-state index contributed by atoms with van der Waals surface area (Å²) in [6.45, 7) is 1.42. The number of hydrogen-bond acceptors (Lipinski definition) is 5. The lowest BCUT2D eigenvalue weighted by molar-refractivity contribution is -0.122. The smallest absolute Gasteiger partial charge is 0.256 e. The summed E-state index contributed by atoms with van der Waals surface area (Å²) in [5.41, 5.74) is 1.57. The van der Waals surface area contributed by atoms with E-state index in [1.165, 1.54) is 0 Å². The number of hydrogen-bond donors (Lipinski definition) is 1. The van der Waals surface area contributed by atoms with Gasteiger partial charge in [-0.05, 0) is 42.5 Å². The number of piperazine rings is 1. The zero-order valence-electron chi connectivity index (χ0n) is 15.9. The van der Waals surface area contributed by atoms with Crippen LogP contribution < -0.4 is 10.1 Å². The van der Waals surface area contributed by atoms with Crippen LogP contribution in [0.1, 0.15) is 20.7 Å². The molecular weight excluding hydrogens is 438 g/mol. The first-order chi connectivity index (χ1) is 14.0. The van der Waals surface area contributed by atoms with Crippen LogP contribution in [0.15, 0.2) is 46.9 Å². The number of halogens is 1. The first-order valence-corrected chi connectivity index (χ1v) is 10.1. The van der Waals surface area contributed by atoms with Crippen molar-refractivity contribution in [2.24, 2.45) is 0 Å². The number of ether oxygens (including phenoxy) is 1. The predicted molar refractivity (Wildman–Crippen MR) is 111 cm³/mol. The summed E-state index contributed by atoms with van der Waals surface area (Å²) in [7, 11) is 1.58. The van der Waals surface area contributed by atoms with Crippen molar-refractivity contribution in [3.05, 3.63) is 58.1 Å². The van der Waals surface area contributed by atoms with E-state index in [0.29, 0.717) is 42.2 Å². The van der Waals surface area contributed by atoms with E-state index < -0.39 is 6.04 Å². The number of carbonyl (C=O) groups is 3. The largest absolute Gasteiger partial charge is 0.497 e. The summed E-state index contributed by atoms with van der Waals surface area (Å²) < 4.78 is 5.90. The zero-order valence-corrected chi connectivity index (χ0v) is 17.4. The Morgan fingerprint density at radius 3 is 2.66 bits per heavy atom. The maximum atomic E-state index is 13.0. The number of fused-ring (bicyclic) bond motifs is 2. The third kappa shape index (κ3) is 3.90. The molecule has 150 valence electrons. The molecule has 2 aromatic carbocycles. The van der Waals surface area contributed by atoms with Gasteiger partial charge in [0.1, 0.15) is 11.8 Å². The van der Waals surface area contributed by atoms with Crippen LogP contribution >= 0.6 is 15.9 Å². The molecule has 1 N–H and O–H groups in total. The Morgan fingerprint density at radius 2 is 1.93 bits per heavy atom. The summed E-state index contributed by atoms with van der Waals surface area (Å²) in [6.07, 6.45) is 0. The van der Waals surface area contributed by atoms with Gasteiger partial charge in [-0.2, -0.15) is 0 Å². The van der Waals surface area contributed by atoms with Crippen LogP contribution in [-0.2, 0) is 4.79 Å². The summed E-state index contributed by atoms with van der Waals surface area (Å²) in [5.74, 6) is 0.246. The minimum atomic E-state index is -0.633. The van der Waals surface area contributed by atoms with Crippen molar-refractivity contribution >= 4 is 39.2 Å². The third-order valence-electron chi connectivity index (χ3n) is 5.28. The molecule has 4 rings (SSSR count).